The Bertz CT molecular complexity index is 1100. The molecule has 1 aromatic carbocycles. The van der Waals surface area contributed by atoms with Crippen LogP contribution >= 0.6 is 0 Å². The molecule has 146 valence electrons. The third-order valence-corrected chi connectivity index (χ3v) is 5.22. The second-order valence-corrected chi connectivity index (χ2v) is 7.10. The molecule has 0 unspecified atom stereocenters. The smallest absolute Gasteiger partial charge is 0.255 e. The fraction of sp³-hybridized carbons (Fsp3) is 0.286. The first-order valence-electron chi connectivity index (χ1n) is 9.46. The lowest BCUT2D eigenvalue weighted by atomic mass is 10.1. The molecule has 2 aromatic heterocycles. The van der Waals surface area contributed by atoms with Crippen LogP contribution < -0.4 is 15.4 Å². The van der Waals surface area contributed by atoms with Crippen molar-refractivity contribution in [3.8, 4) is 17.5 Å². The molecule has 1 aliphatic heterocycles. The van der Waals surface area contributed by atoms with Crippen LogP contribution in [0.1, 0.15) is 18.1 Å². The maximum Gasteiger partial charge on any atom is 0.255 e. The Morgan fingerprint density at radius 3 is 2.66 bits per heavy atom. The predicted molar refractivity (Wildman–Crippen MR) is 111 cm³/mol. The highest BCUT2D eigenvalue weighted by Crippen LogP contribution is 2.24. The summed E-state index contributed by atoms with van der Waals surface area (Å²) in [6.07, 6.45) is 3.10. The van der Waals surface area contributed by atoms with E-state index < -0.39 is 0 Å². The van der Waals surface area contributed by atoms with E-state index in [0.717, 1.165) is 25.3 Å². The molecular formula is C21H21N7O. The Morgan fingerprint density at radius 2 is 2.00 bits per heavy atom. The van der Waals surface area contributed by atoms with Crippen LogP contribution in [0.3, 0.4) is 0 Å². The normalized spacial score (nSPS) is 16.5. The minimum absolute atomic E-state index is 0.161. The zero-order valence-electron chi connectivity index (χ0n) is 16.3. The van der Waals surface area contributed by atoms with Crippen molar-refractivity contribution >= 4 is 11.6 Å². The summed E-state index contributed by atoms with van der Waals surface area (Å²) >= 11 is 0. The van der Waals surface area contributed by atoms with Gasteiger partial charge < -0.3 is 9.80 Å². The number of aromatic amines is 1. The van der Waals surface area contributed by atoms with E-state index in [4.69, 9.17) is 10.2 Å². The second kappa shape index (κ2) is 7.72. The van der Waals surface area contributed by atoms with E-state index in [-0.39, 0.29) is 11.6 Å². The number of nitrogens with one attached hydrogen (secondary N) is 1. The van der Waals surface area contributed by atoms with Gasteiger partial charge in [-0.2, -0.15) is 5.26 Å². The van der Waals surface area contributed by atoms with E-state index in [0.29, 0.717) is 28.5 Å². The van der Waals surface area contributed by atoms with Crippen LogP contribution in [0.2, 0.25) is 0 Å². The lowest BCUT2D eigenvalue weighted by molar-refractivity contribution is 0.543. The Balaban J connectivity index is 1.58. The molecule has 0 radical (unpaired) electrons. The first-order chi connectivity index (χ1) is 14.1. The highest BCUT2D eigenvalue weighted by Gasteiger charge is 2.26. The van der Waals surface area contributed by atoms with Gasteiger partial charge in [-0.25, -0.2) is 15.0 Å². The van der Waals surface area contributed by atoms with Crippen LogP contribution in [-0.2, 0) is 0 Å². The average Bonchev–Trinajstić information content (AvgIpc) is 2.76. The van der Waals surface area contributed by atoms with E-state index in [9.17, 15) is 4.79 Å². The van der Waals surface area contributed by atoms with Crippen molar-refractivity contribution in [1.82, 2.24) is 19.9 Å². The molecule has 8 nitrogen and oxygen atoms in total. The van der Waals surface area contributed by atoms with E-state index in [2.05, 4.69) is 37.7 Å². The van der Waals surface area contributed by atoms with Crippen molar-refractivity contribution in [3.63, 3.8) is 0 Å². The van der Waals surface area contributed by atoms with E-state index in [1.165, 1.54) is 6.33 Å². The zero-order chi connectivity index (χ0) is 20.4. The van der Waals surface area contributed by atoms with Gasteiger partial charge >= 0.3 is 0 Å². The summed E-state index contributed by atoms with van der Waals surface area (Å²) in [6, 6.07) is 11.7. The minimum Gasteiger partial charge on any atom is -0.365 e. The maximum atomic E-state index is 12.5. The number of hydrogen-bond acceptors (Lipinski definition) is 7. The summed E-state index contributed by atoms with van der Waals surface area (Å²) in [7, 11) is 0. The van der Waals surface area contributed by atoms with Gasteiger partial charge in [0.05, 0.1) is 17.3 Å². The van der Waals surface area contributed by atoms with Crippen LogP contribution in [-0.4, -0.2) is 45.6 Å². The summed E-state index contributed by atoms with van der Waals surface area (Å²) in [6.45, 7) is 6.11. The van der Waals surface area contributed by atoms with Gasteiger partial charge in [-0.05, 0) is 44.2 Å². The Hall–Kier alpha value is -3.73. The number of rotatable bonds is 3. The summed E-state index contributed by atoms with van der Waals surface area (Å²) in [5.41, 5.74) is 3.33. The second-order valence-electron chi connectivity index (χ2n) is 7.10. The Morgan fingerprint density at radius 1 is 1.21 bits per heavy atom. The zero-order valence-corrected chi connectivity index (χ0v) is 16.3. The van der Waals surface area contributed by atoms with E-state index >= 15 is 0 Å². The molecule has 1 fully saturated rings. The molecule has 0 saturated carbocycles. The molecule has 1 saturated heterocycles. The van der Waals surface area contributed by atoms with Gasteiger partial charge in [-0.3, -0.25) is 9.78 Å². The van der Waals surface area contributed by atoms with Crippen molar-refractivity contribution in [2.24, 2.45) is 0 Å². The monoisotopic (exact) mass is 387 g/mol. The lowest BCUT2D eigenvalue weighted by Gasteiger charge is -2.41. The number of hydrogen-bond donors (Lipinski definition) is 1. The van der Waals surface area contributed by atoms with Crippen LogP contribution in [0, 0.1) is 18.3 Å². The molecule has 1 aliphatic rings. The van der Waals surface area contributed by atoms with Crippen LogP contribution in [0.15, 0.2) is 47.7 Å². The topological polar surface area (TPSA) is 102 Å². The van der Waals surface area contributed by atoms with Gasteiger partial charge in [0.25, 0.3) is 5.56 Å². The molecule has 4 rings (SSSR count). The van der Waals surface area contributed by atoms with Crippen molar-refractivity contribution in [2.45, 2.75) is 19.9 Å². The first kappa shape index (κ1) is 18.6. The number of H-pyrrole nitrogens is 1. The molecule has 0 spiro atoms. The van der Waals surface area contributed by atoms with Crippen molar-refractivity contribution in [1.29, 1.82) is 5.26 Å². The largest absolute Gasteiger partial charge is 0.365 e. The average molecular weight is 387 g/mol. The maximum absolute atomic E-state index is 12.5. The van der Waals surface area contributed by atoms with Crippen LogP contribution in [0.4, 0.5) is 11.6 Å². The van der Waals surface area contributed by atoms with Gasteiger partial charge in [-0.1, -0.05) is 0 Å². The molecule has 3 heterocycles. The molecular weight excluding hydrogens is 366 g/mol. The Kier molecular flexibility index (Phi) is 4.96. The fourth-order valence-electron chi connectivity index (χ4n) is 3.61. The summed E-state index contributed by atoms with van der Waals surface area (Å²) < 4.78 is 0. The standard InChI is InChI=1S/C21H21N7O/c1-14-12-27(9-10-28(14)17-5-3-16(11-22)4-6-17)21-25-19(15(2)20(29)26-21)18-7-8-23-13-24-18/h3-8,13-14H,9-10,12H2,1-2H3,(H,25,26,29)/t14-/m0/s1. The van der Waals surface area contributed by atoms with Crippen molar-refractivity contribution in [3.05, 3.63) is 64.3 Å². The number of aromatic nitrogens is 4. The number of piperazine rings is 1. The predicted octanol–water partition coefficient (Wildman–Crippen LogP) is 2.12. The number of nitrogens with zero attached hydrogens (tertiary/aromatic N) is 6. The van der Waals surface area contributed by atoms with E-state index in [1.54, 1.807) is 19.2 Å². The van der Waals surface area contributed by atoms with Crippen LogP contribution in [0.5, 0.6) is 0 Å². The summed E-state index contributed by atoms with van der Waals surface area (Å²) in [4.78, 5) is 32.7. The highest BCUT2D eigenvalue weighted by atomic mass is 16.1. The quantitative estimate of drug-likeness (QED) is 0.734. The third-order valence-electron chi connectivity index (χ3n) is 5.22. The van der Waals surface area contributed by atoms with Crippen molar-refractivity contribution < 1.29 is 0 Å². The molecule has 1 N–H and O–H groups in total. The third kappa shape index (κ3) is 3.67. The summed E-state index contributed by atoms with van der Waals surface area (Å²) in [5, 5.41) is 8.98. The number of nitriles is 1. The molecule has 1 atom stereocenters. The minimum atomic E-state index is -0.161. The SMILES string of the molecule is Cc1c(-c2ccncn2)nc(N2CCN(c3ccc(C#N)cc3)[C@@H](C)C2)[nH]c1=O. The van der Waals surface area contributed by atoms with Gasteiger partial charge in [-0.15, -0.1) is 0 Å². The lowest BCUT2D eigenvalue weighted by Crippen LogP contribution is -2.53. The molecule has 3 aromatic rings. The number of anilines is 2. The Labute approximate surface area is 168 Å². The highest BCUT2D eigenvalue weighted by molar-refractivity contribution is 5.59. The molecule has 29 heavy (non-hydrogen) atoms. The van der Waals surface area contributed by atoms with E-state index in [1.807, 2.05) is 24.3 Å². The van der Waals surface area contributed by atoms with Crippen LogP contribution in [0.25, 0.3) is 11.4 Å². The van der Waals surface area contributed by atoms with Gasteiger partial charge in [0.1, 0.15) is 12.0 Å². The van der Waals surface area contributed by atoms with Gasteiger partial charge in [0.2, 0.25) is 5.95 Å². The number of benzene rings is 1. The van der Waals surface area contributed by atoms with Crippen molar-refractivity contribution in [2.75, 3.05) is 29.4 Å². The molecule has 0 aliphatic carbocycles. The summed E-state index contributed by atoms with van der Waals surface area (Å²) in [5.74, 6) is 0.556. The molecule has 8 heteroatoms. The fourth-order valence-corrected chi connectivity index (χ4v) is 3.61. The van der Waals surface area contributed by atoms with Gasteiger partial charge in [0.15, 0.2) is 0 Å². The molecule has 0 amide bonds. The first-order valence-corrected chi connectivity index (χ1v) is 9.46. The van der Waals surface area contributed by atoms with Gasteiger partial charge in [0, 0.05) is 43.1 Å². The molecule has 0 bridgehead atoms.